The Labute approximate surface area is 285 Å². The van der Waals surface area contributed by atoms with Crippen LogP contribution in [0.25, 0.3) is 0 Å². The van der Waals surface area contributed by atoms with Crippen LogP contribution in [0.5, 0.6) is 0 Å². The molecule has 0 aromatic carbocycles. The van der Waals surface area contributed by atoms with Gasteiger partial charge in [0.25, 0.3) is 0 Å². The van der Waals surface area contributed by atoms with Crippen LogP contribution in [0.4, 0.5) is 0 Å². The fourth-order valence-corrected chi connectivity index (χ4v) is 8.09. The molecule has 2 N–H and O–H groups in total. The van der Waals surface area contributed by atoms with Gasteiger partial charge in [0.1, 0.15) is 23.4 Å². The maximum atomic E-state index is 14.3. The van der Waals surface area contributed by atoms with Crippen LogP contribution in [0.1, 0.15) is 100 Å². The van der Waals surface area contributed by atoms with Gasteiger partial charge in [0, 0.05) is 50.0 Å². The maximum Gasteiger partial charge on any atom is 0.316 e. The second-order valence-electron chi connectivity index (χ2n) is 15.1. The van der Waals surface area contributed by atoms with Gasteiger partial charge in [-0.25, -0.2) is 0 Å². The Kier molecular flexibility index (Phi) is 13.0. The molecule has 48 heavy (non-hydrogen) atoms. The van der Waals surface area contributed by atoms with E-state index in [1.807, 2.05) is 32.8 Å². The van der Waals surface area contributed by atoms with Gasteiger partial charge in [-0.1, -0.05) is 34.3 Å². The average molecular weight is 679 g/mol. The maximum absolute atomic E-state index is 14.3. The Morgan fingerprint density at radius 3 is 2.29 bits per heavy atom. The highest BCUT2D eigenvalue weighted by atomic mass is 16.7. The number of carbonyl (C=O) groups is 5. The third kappa shape index (κ3) is 8.84. The van der Waals surface area contributed by atoms with Gasteiger partial charge >= 0.3 is 11.9 Å². The molecule has 0 saturated carbocycles. The van der Waals surface area contributed by atoms with Gasteiger partial charge in [-0.2, -0.15) is 0 Å². The summed E-state index contributed by atoms with van der Waals surface area (Å²) in [5.41, 5.74) is -2.59. The molecule has 12 nitrogen and oxygen atoms in total. The Morgan fingerprint density at radius 2 is 1.71 bits per heavy atom. The average Bonchev–Trinajstić information content (AvgIpc) is 2.99. The SMILES string of the molecule is C=C1C[C@H](N(C)C)[C@@H](OC(C)=O)[C@H](O[C@@H]2[C@@H](C)C(=O)[C@@H](C)C(=O)O[C@H](CC)[C@@](C)(O)[C@@H]3CCC(=O)CC[C@]2(C)C[C@@H](C)NC(=O)[C@@H]3C)O1. The molecule has 0 aromatic rings. The molecule has 2 bridgehead atoms. The largest absolute Gasteiger partial charge is 0.466 e. The topological polar surface area (TPSA) is 158 Å². The van der Waals surface area contributed by atoms with Gasteiger partial charge in [0.15, 0.2) is 11.9 Å². The van der Waals surface area contributed by atoms with E-state index in [1.165, 1.54) is 20.8 Å². The van der Waals surface area contributed by atoms with Crippen molar-refractivity contribution in [2.45, 2.75) is 143 Å². The lowest BCUT2D eigenvalue weighted by molar-refractivity contribution is -0.259. The van der Waals surface area contributed by atoms with E-state index in [9.17, 15) is 29.1 Å². The van der Waals surface area contributed by atoms with Gasteiger partial charge in [0.05, 0.1) is 17.9 Å². The number of esters is 2. The van der Waals surface area contributed by atoms with Crippen molar-refractivity contribution in [3.05, 3.63) is 12.3 Å². The van der Waals surface area contributed by atoms with Gasteiger partial charge < -0.3 is 34.3 Å². The first-order chi connectivity index (χ1) is 22.2. The minimum Gasteiger partial charge on any atom is -0.466 e. The monoisotopic (exact) mass is 678 g/mol. The quantitative estimate of drug-likeness (QED) is 0.323. The minimum absolute atomic E-state index is 0.0540. The van der Waals surface area contributed by atoms with E-state index < -0.39 is 83.1 Å². The molecule has 0 unspecified atom stereocenters. The first-order valence-corrected chi connectivity index (χ1v) is 17.4. The van der Waals surface area contributed by atoms with Crippen molar-refractivity contribution in [3.63, 3.8) is 0 Å². The molecule has 0 aromatic heterocycles. The summed E-state index contributed by atoms with van der Waals surface area (Å²) < 4.78 is 24.5. The molecule has 4 rings (SSSR count). The number of ether oxygens (including phenoxy) is 4. The Hall–Kier alpha value is -2.83. The summed E-state index contributed by atoms with van der Waals surface area (Å²) in [6.07, 6.45) is -2.37. The van der Waals surface area contributed by atoms with E-state index in [2.05, 4.69) is 11.9 Å². The predicted octanol–water partition coefficient (Wildman–Crippen LogP) is 3.72. The normalized spacial score (nSPS) is 40.8. The fourth-order valence-electron chi connectivity index (χ4n) is 8.09. The zero-order valence-electron chi connectivity index (χ0n) is 30.5. The third-order valence-electron chi connectivity index (χ3n) is 10.9. The molecule has 4 saturated heterocycles. The molecule has 4 fully saturated rings. The van der Waals surface area contributed by atoms with Crippen LogP contribution in [0.15, 0.2) is 12.3 Å². The predicted molar refractivity (Wildman–Crippen MR) is 177 cm³/mol. The molecule has 12 heteroatoms. The standard InChI is InChI=1S/C36H58N2O10/c1-12-28-36(9,44)26-14-13-25(40)15-16-35(8,18-19(2)37-32(42)21(26)4)31(22(5)29(41)23(6)33(43)47-28)48-34-30(46-24(7)39)27(38(10)11)17-20(3)45-34/h19,21-23,26-28,30-31,34,44H,3,12-18H2,1-2,4-11H3,(H,37,42)/t19-,21-,22+,23-,26-,27+,28-,30-,31-,34+,35-,36+/m1/s1. The molecule has 0 spiro atoms. The van der Waals surface area contributed by atoms with Crippen molar-refractivity contribution in [1.82, 2.24) is 10.2 Å². The molecule has 1 amide bonds. The lowest BCUT2D eigenvalue weighted by Crippen LogP contribution is -2.57. The summed E-state index contributed by atoms with van der Waals surface area (Å²) in [4.78, 5) is 69.4. The van der Waals surface area contributed by atoms with E-state index in [0.717, 1.165) is 0 Å². The zero-order valence-corrected chi connectivity index (χ0v) is 30.5. The number of hydrogen-bond acceptors (Lipinski definition) is 11. The lowest BCUT2D eigenvalue weighted by atomic mass is 9.68. The molecule has 4 aliphatic heterocycles. The summed E-state index contributed by atoms with van der Waals surface area (Å²) in [5.74, 6) is -5.31. The Morgan fingerprint density at radius 1 is 1.06 bits per heavy atom. The number of rotatable bonds is 5. The summed E-state index contributed by atoms with van der Waals surface area (Å²) in [6.45, 7) is 17.3. The first-order valence-electron chi connectivity index (χ1n) is 17.4. The number of carbonyl (C=O) groups excluding carboxylic acids is 5. The van der Waals surface area contributed by atoms with E-state index in [1.54, 1.807) is 20.8 Å². The number of likely N-dealkylation sites (N-methyl/N-ethyl adjacent to an activating group) is 1. The fraction of sp³-hybridized carbons (Fsp3) is 0.806. The zero-order chi connectivity index (χ0) is 36.3. The van der Waals surface area contributed by atoms with Crippen molar-refractivity contribution < 1.29 is 48.0 Å². The molecular formula is C36H58N2O10. The summed E-state index contributed by atoms with van der Waals surface area (Å²) in [7, 11) is 3.69. The molecule has 0 radical (unpaired) electrons. The summed E-state index contributed by atoms with van der Waals surface area (Å²) >= 11 is 0. The van der Waals surface area contributed by atoms with Crippen molar-refractivity contribution in [2.24, 2.45) is 29.1 Å². The molecule has 272 valence electrons. The Balaban J connectivity index is 2.23. The highest BCUT2D eigenvalue weighted by Gasteiger charge is 2.51. The van der Waals surface area contributed by atoms with Crippen LogP contribution >= 0.6 is 0 Å². The number of ketones is 2. The van der Waals surface area contributed by atoms with Crippen LogP contribution in [0.3, 0.4) is 0 Å². The Bertz CT molecular complexity index is 1230. The molecular weight excluding hydrogens is 620 g/mol. The van der Waals surface area contributed by atoms with Gasteiger partial charge in [-0.3, -0.25) is 24.0 Å². The highest BCUT2D eigenvalue weighted by molar-refractivity contribution is 6.00. The smallest absolute Gasteiger partial charge is 0.316 e. The number of hydrogen-bond donors (Lipinski definition) is 2. The summed E-state index contributed by atoms with van der Waals surface area (Å²) in [6, 6.07) is -0.777. The second kappa shape index (κ2) is 15.8. The highest BCUT2D eigenvalue weighted by Crippen LogP contribution is 2.44. The number of aliphatic hydroxyl groups is 1. The third-order valence-corrected chi connectivity index (χ3v) is 10.9. The van der Waals surface area contributed by atoms with Crippen LogP contribution < -0.4 is 5.32 Å². The van der Waals surface area contributed by atoms with E-state index in [4.69, 9.17) is 18.9 Å². The number of fused-ring (bicyclic) bond motifs is 15. The number of amides is 1. The minimum atomic E-state index is -1.67. The molecule has 12 atom stereocenters. The lowest BCUT2D eigenvalue weighted by Gasteiger charge is -2.47. The number of nitrogens with one attached hydrogen (secondary N) is 1. The molecule has 0 aliphatic carbocycles. The molecule has 4 aliphatic rings. The van der Waals surface area contributed by atoms with Crippen molar-refractivity contribution >= 4 is 29.4 Å². The number of nitrogens with zero attached hydrogens (tertiary/aromatic N) is 1. The summed E-state index contributed by atoms with van der Waals surface area (Å²) in [5, 5.41) is 15.0. The number of Topliss-reactive ketones (excluding diaryl/α,β-unsaturated/α-hetero) is 2. The van der Waals surface area contributed by atoms with Gasteiger partial charge in [0.2, 0.25) is 12.2 Å². The van der Waals surface area contributed by atoms with E-state index in [0.29, 0.717) is 25.0 Å². The van der Waals surface area contributed by atoms with Crippen LogP contribution in [-0.2, 0) is 42.9 Å². The first kappa shape index (κ1) is 39.6. The van der Waals surface area contributed by atoms with Gasteiger partial charge in [-0.15, -0.1) is 0 Å². The molecule has 4 heterocycles. The van der Waals surface area contributed by atoms with E-state index in [-0.39, 0.29) is 43.4 Å². The van der Waals surface area contributed by atoms with Crippen molar-refractivity contribution in [2.75, 3.05) is 14.1 Å². The van der Waals surface area contributed by atoms with Crippen LogP contribution in [0, 0.1) is 29.1 Å². The van der Waals surface area contributed by atoms with Crippen LogP contribution in [0.2, 0.25) is 0 Å². The second-order valence-corrected chi connectivity index (χ2v) is 15.1. The van der Waals surface area contributed by atoms with Crippen molar-refractivity contribution in [3.8, 4) is 0 Å². The van der Waals surface area contributed by atoms with Crippen LogP contribution in [-0.4, -0.2) is 95.8 Å². The van der Waals surface area contributed by atoms with Gasteiger partial charge in [-0.05, 0) is 66.0 Å². The van der Waals surface area contributed by atoms with E-state index >= 15 is 0 Å². The van der Waals surface area contributed by atoms with Crippen molar-refractivity contribution in [1.29, 1.82) is 0 Å².